The van der Waals surface area contributed by atoms with E-state index < -0.39 is 11.8 Å². The summed E-state index contributed by atoms with van der Waals surface area (Å²) < 4.78 is 5.22. The molecule has 24 heavy (non-hydrogen) atoms. The SMILES string of the molecule is O=C(CNC(=O)c1ccc(=O)[nH]c1)Nc1nc(-c2ccco2)cs1. The van der Waals surface area contributed by atoms with Gasteiger partial charge in [0.25, 0.3) is 5.91 Å². The van der Waals surface area contributed by atoms with Gasteiger partial charge in [-0.3, -0.25) is 14.4 Å². The molecule has 2 amide bonds. The quantitative estimate of drug-likeness (QED) is 0.648. The van der Waals surface area contributed by atoms with Gasteiger partial charge in [0.2, 0.25) is 11.5 Å². The first-order valence-corrected chi connectivity index (χ1v) is 7.76. The number of anilines is 1. The molecule has 0 fully saturated rings. The van der Waals surface area contributed by atoms with Gasteiger partial charge in [-0.2, -0.15) is 0 Å². The van der Waals surface area contributed by atoms with E-state index in [1.54, 1.807) is 23.8 Å². The smallest absolute Gasteiger partial charge is 0.253 e. The number of carbonyl (C=O) groups excluding carboxylic acids is 2. The second kappa shape index (κ2) is 6.92. The third kappa shape index (κ3) is 3.76. The molecule has 0 saturated heterocycles. The lowest BCUT2D eigenvalue weighted by molar-refractivity contribution is -0.115. The Kier molecular flexibility index (Phi) is 4.52. The molecule has 0 unspecified atom stereocenters. The van der Waals surface area contributed by atoms with E-state index in [4.69, 9.17) is 4.42 Å². The molecule has 0 aliphatic rings. The molecule has 9 heteroatoms. The van der Waals surface area contributed by atoms with Crippen LogP contribution in [-0.2, 0) is 4.79 Å². The number of aromatic amines is 1. The number of pyridine rings is 1. The highest BCUT2D eigenvalue weighted by Crippen LogP contribution is 2.24. The number of amides is 2. The van der Waals surface area contributed by atoms with Gasteiger partial charge >= 0.3 is 0 Å². The van der Waals surface area contributed by atoms with Gasteiger partial charge < -0.3 is 20.0 Å². The van der Waals surface area contributed by atoms with Crippen molar-refractivity contribution in [3.05, 3.63) is 58.0 Å². The van der Waals surface area contributed by atoms with E-state index in [0.29, 0.717) is 16.6 Å². The Balaban J connectivity index is 1.53. The highest BCUT2D eigenvalue weighted by atomic mass is 32.1. The summed E-state index contributed by atoms with van der Waals surface area (Å²) in [5.74, 6) is -0.261. The molecular weight excluding hydrogens is 332 g/mol. The molecule has 3 heterocycles. The van der Waals surface area contributed by atoms with E-state index in [-0.39, 0.29) is 17.7 Å². The van der Waals surface area contributed by atoms with Gasteiger partial charge in [-0.1, -0.05) is 0 Å². The summed E-state index contributed by atoms with van der Waals surface area (Å²) in [6.45, 7) is -0.215. The molecule has 0 aliphatic carbocycles. The maximum absolute atomic E-state index is 11.9. The first-order valence-electron chi connectivity index (χ1n) is 6.88. The summed E-state index contributed by atoms with van der Waals surface area (Å²) in [6.07, 6.45) is 2.82. The average molecular weight is 344 g/mol. The molecule has 0 bridgehead atoms. The minimum atomic E-state index is -0.461. The summed E-state index contributed by atoms with van der Waals surface area (Å²) in [7, 11) is 0. The topological polar surface area (TPSA) is 117 Å². The van der Waals surface area contributed by atoms with Gasteiger partial charge in [-0.25, -0.2) is 4.98 Å². The fourth-order valence-corrected chi connectivity index (χ4v) is 2.56. The zero-order chi connectivity index (χ0) is 16.9. The van der Waals surface area contributed by atoms with Gasteiger partial charge in [-0.15, -0.1) is 11.3 Å². The summed E-state index contributed by atoms with van der Waals surface area (Å²) >= 11 is 1.25. The van der Waals surface area contributed by atoms with Crippen molar-refractivity contribution in [2.24, 2.45) is 0 Å². The van der Waals surface area contributed by atoms with Crippen molar-refractivity contribution >= 4 is 28.3 Å². The largest absolute Gasteiger partial charge is 0.463 e. The predicted molar refractivity (Wildman–Crippen MR) is 87.8 cm³/mol. The van der Waals surface area contributed by atoms with Gasteiger partial charge in [0.15, 0.2) is 10.9 Å². The van der Waals surface area contributed by atoms with Gasteiger partial charge in [0.1, 0.15) is 5.69 Å². The molecule has 3 aromatic rings. The Morgan fingerprint density at radius 3 is 2.88 bits per heavy atom. The van der Waals surface area contributed by atoms with E-state index in [0.717, 1.165) is 0 Å². The number of carbonyl (C=O) groups is 2. The van der Waals surface area contributed by atoms with E-state index in [9.17, 15) is 14.4 Å². The van der Waals surface area contributed by atoms with Crippen LogP contribution >= 0.6 is 11.3 Å². The molecule has 3 rings (SSSR count). The van der Waals surface area contributed by atoms with Crippen LogP contribution in [0.1, 0.15) is 10.4 Å². The normalized spacial score (nSPS) is 10.3. The Bertz CT molecular complexity index is 893. The number of aromatic nitrogens is 2. The van der Waals surface area contributed by atoms with Crippen LogP contribution < -0.4 is 16.2 Å². The van der Waals surface area contributed by atoms with Gasteiger partial charge in [-0.05, 0) is 18.2 Å². The van der Waals surface area contributed by atoms with Crippen molar-refractivity contribution in [2.75, 3.05) is 11.9 Å². The van der Waals surface area contributed by atoms with Crippen LogP contribution in [0.2, 0.25) is 0 Å². The summed E-state index contributed by atoms with van der Waals surface area (Å²) in [6, 6.07) is 6.13. The zero-order valence-corrected chi connectivity index (χ0v) is 13.1. The van der Waals surface area contributed by atoms with Crippen molar-refractivity contribution < 1.29 is 14.0 Å². The van der Waals surface area contributed by atoms with Crippen molar-refractivity contribution in [1.29, 1.82) is 0 Å². The number of hydrogen-bond acceptors (Lipinski definition) is 6. The lowest BCUT2D eigenvalue weighted by Crippen LogP contribution is -2.33. The predicted octanol–water partition coefficient (Wildman–Crippen LogP) is 1.46. The fraction of sp³-hybridized carbons (Fsp3) is 0.0667. The van der Waals surface area contributed by atoms with Gasteiger partial charge in [0, 0.05) is 17.6 Å². The second-order valence-corrected chi connectivity index (χ2v) is 5.55. The number of thiazole rings is 1. The second-order valence-electron chi connectivity index (χ2n) is 4.69. The van der Waals surface area contributed by atoms with Gasteiger partial charge in [0.05, 0.1) is 18.4 Å². The maximum atomic E-state index is 11.9. The average Bonchev–Trinajstić information content (AvgIpc) is 3.24. The molecular formula is C15H12N4O4S. The third-order valence-corrected chi connectivity index (χ3v) is 3.74. The van der Waals surface area contributed by atoms with Crippen molar-refractivity contribution in [3.63, 3.8) is 0 Å². The summed E-state index contributed by atoms with van der Waals surface area (Å²) in [5, 5.41) is 7.22. The molecule has 0 radical (unpaired) electrons. The molecule has 0 spiro atoms. The monoisotopic (exact) mass is 344 g/mol. The minimum absolute atomic E-state index is 0.215. The Labute approximate surface area is 139 Å². The number of furan rings is 1. The van der Waals surface area contributed by atoms with E-state index in [2.05, 4.69) is 20.6 Å². The lowest BCUT2D eigenvalue weighted by atomic mass is 10.3. The number of nitrogens with zero attached hydrogens (tertiary/aromatic N) is 1. The van der Waals surface area contributed by atoms with Crippen molar-refractivity contribution in [1.82, 2.24) is 15.3 Å². The first-order chi connectivity index (χ1) is 11.6. The van der Waals surface area contributed by atoms with Crippen LogP contribution in [-0.4, -0.2) is 28.3 Å². The van der Waals surface area contributed by atoms with E-state index >= 15 is 0 Å². The molecule has 0 saturated carbocycles. The minimum Gasteiger partial charge on any atom is -0.463 e. The number of hydrogen-bond donors (Lipinski definition) is 3. The van der Waals surface area contributed by atoms with E-state index in [1.807, 2.05) is 0 Å². The molecule has 8 nitrogen and oxygen atoms in total. The molecule has 3 aromatic heterocycles. The van der Waals surface area contributed by atoms with Crippen LogP contribution in [0.25, 0.3) is 11.5 Å². The third-order valence-electron chi connectivity index (χ3n) is 2.98. The van der Waals surface area contributed by atoms with Crippen molar-refractivity contribution in [3.8, 4) is 11.5 Å². The van der Waals surface area contributed by atoms with Crippen LogP contribution in [0.4, 0.5) is 5.13 Å². The zero-order valence-electron chi connectivity index (χ0n) is 12.2. The first kappa shape index (κ1) is 15.7. The summed E-state index contributed by atoms with van der Waals surface area (Å²) in [5.41, 5.74) is 0.578. The fourth-order valence-electron chi connectivity index (χ4n) is 1.85. The molecule has 0 atom stereocenters. The molecule has 0 aliphatic heterocycles. The highest BCUT2D eigenvalue weighted by molar-refractivity contribution is 7.14. The Morgan fingerprint density at radius 2 is 2.17 bits per heavy atom. The Morgan fingerprint density at radius 1 is 1.29 bits per heavy atom. The lowest BCUT2D eigenvalue weighted by Gasteiger charge is -2.04. The number of H-pyrrole nitrogens is 1. The van der Waals surface area contributed by atoms with Crippen LogP contribution in [0.5, 0.6) is 0 Å². The highest BCUT2D eigenvalue weighted by Gasteiger charge is 2.11. The number of rotatable bonds is 5. The van der Waals surface area contributed by atoms with Crippen LogP contribution in [0, 0.1) is 0 Å². The standard InChI is InChI=1S/C15H12N4O4S/c20-12-4-3-9(6-16-12)14(22)17-7-13(21)19-15-18-10(8-24-15)11-2-1-5-23-11/h1-6,8H,7H2,(H,16,20)(H,17,22)(H,18,19,21). The van der Waals surface area contributed by atoms with E-state index in [1.165, 1.54) is 29.7 Å². The maximum Gasteiger partial charge on any atom is 0.253 e. The van der Waals surface area contributed by atoms with Crippen LogP contribution in [0.15, 0.2) is 51.3 Å². The molecule has 0 aromatic carbocycles. The number of nitrogens with one attached hydrogen (secondary N) is 3. The molecule has 3 N–H and O–H groups in total. The Hall–Kier alpha value is -3.20. The summed E-state index contributed by atoms with van der Waals surface area (Å²) in [4.78, 5) is 41.2. The van der Waals surface area contributed by atoms with Crippen molar-refractivity contribution in [2.45, 2.75) is 0 Å². The molecule has 122 valence electrons. The van der Waals surface area contributed by atoms with Crippen LogP contribution in [0.3, 0.4) is 0 Å².